The molecule has 1 aromatic carbocycles. The van der Waals surface area contributed by atoms with Gasteiger partial charge >= 0.3 is 0 Å². The number of amides is 1. The summed E-state index contributed by atoms with van der Waals surface area (Å²) in [6.07, 6.45) is 3.32. The molecule has 2 rings (SSSR count). The number of nitriles is 1. The topological polar surface area (TPSA) is 97.1 Å². The third-order valence-corrected chi connectivity index (χ3v) is 4.33. The fourth-order valence-electron chi connectivity index (χ4n) is 1.95. The lowest BCUT2D eigenvalue weighted by Crippen LogP contribution is -2.13. The number of benzene rings is 1. The Hall–Kier alpha value is -2.57. The van der Waals surface area contributed by atoms with Crippen LogP contribution in [0.15, 0.2) is 28.9 Å². The van der Waals surface area contributed by atoms with Crippen LogP contribution in [0, 0.1) is 11.3 Å². The number of nitrogens with one attached hydrogen (secondary N) is 1. The Bertz CT molecular complexity index is 856. The van der Waals surface area contributed by atoms with Crippen LogP contribution in [-0.4, -0.2) is 34.7 Å². The molecule has 0 saturated carbocycles. The molecular formula is C17H18N4O3S2. The number of aromatic nitrogens is 2. The quantitative estimate of drug-likeness (QED) is 0.438. The zero-order valence-electron chi connectivity index (χ0n) is 14.8. The second-order valence-electron chi connectivity index (χ2n) is 5.29. The number of nitrogens with zero attached hydrogens (tertiary/aromatic N) is 3. The number of methoxy groups -OCH3 is 1. The average molecular weight is 390 g/mol. The molecule has 26 heavy (non-hydrogen) atoms. The van der Waals surface area contributed by atoms with Crippen molar-refractivity contribution in [1.82, 2.24) is 9.36 Å². The normalized spacial score (nSPS) is 11.2. The Morgan fingerprint density at radius 2 is 2.19 bits per heavy atom. The second-order valence-corrected chi connectivity index (χ2v) is 6.81. The monoisotopic (exact) mass is 390 g/mol. The maximum absolute atomic E-state index is 12.3. The van der Waals surface area contributed by atoms with E-state index in [4.69, 9.17) is 9.47 Å². The molecule has 0 bridgehead atoms. The molecule has 1 aromatic heterocycles. The third kappa shape index (κ3) is 5.21. The number of ether oxygens (including phenoxy) is 2. The van der Waals surface area contributed by atoms with Crippen molar-refractivity contribution in [2.75, 3.05) is 18.7 Å². The molecule has 1 amide bonds. The molecule has 0 spiro atoms. The number of rotatable bonds is 7. The summed E-state index contributed by atoms with van der Waals surface area (Å²) < 4.78 is 15.0. The number of hydrogen-bond acceptors (Lipinski definition) is 8. The molecular weight excluding hydrogens is 372 g/mol. The van der Waals surface area contributed by atoms with Gasteiger partial charge < -0.3 is 9.47 Å². The van der Waals surface area contributed by atoms with Crippen LogP contribution in [0.25, 0.3) is 6.08 Å². The van der Waals surface area contributed by atoms with E-state index >= 15 is 0 Å². The number of thioether (sulfide) groups is 1. The fourth-order valence-corrected chi connectivity index (χ4v) is 3.07. The van der Waals surface area contributed by atoms with Gasteiger partial charge in [0.25, 0.3) is 5.91 Å². The van der Waals surface area contributed by atoms with Crippen LogP contribution in [-0.2, 0) is 4.79 Å². The van der Waals surface area contributed by atoms with E-state index in [0.717, 1.165) is 11.5 Å². The number of hydrogen-bond donors (Lipinski definition) is 1. The number of anilines is 1. The Balaban J connectivity index is 2.21. The maximum atomic E-state index is 12.3. The van der Waals surface area contributed by atoms with Crippen molar-refractivity contribution in [1.29, 1.82) is 5.26 Å². The SMILES string of the molecule is COc1cc(/C=C(/C#N)C(=O)Nc2nc(SC)ns2)ccc1OC(C)C. The van der Waals surface area contributed by atoms with Crippen LogP contribution >= 0.6 is 23.3 Å². The van der Waals surface area contributed by atoms with Gasteiger partial charge in [0.2, 0.25) is 10.3 Å². The average Bonchev–Trinajstić information content (AvgIpc) is 3.07. The van der Waals surface area contributed by atoms with Gasteiger partial charge in [-0.3, -0.25) is 10.1 Å². The summed E-state index contributed by atoms with van der Waals surface area (Å²) in [6.45, 7) is 3.84. The molecule has 1 heterocycles. The lowest BCUT2D eigenvalue weighted by Gasteiger charge is -2.13. The van der Waals surface area contributed by atoms with E-state index in [1.165, 1.54) is 24.9 Å². The smallest absolute Gasteiger partial charge is 0.268 e. The van der Waals surface area contributed by atoms with E-state index in [0.29, 0.717) is 27.4 Å². The van der Waals surface area contributed by atoms with Gasteiger partial charge in [0, 0.05) is 11.5 Å². The van der Waals surface area contributed by atoms with Crippen LogP contribution in [0.1, 0.15) is 19.4 Å². The van der Waals surface area contributed by atoms with Crippen LogP contribution in [0.3, 0.4) is 0 Å². The summed E-state index contributed by atoms with van der Waals surface area (Å²) in [6, 6.07) is 7.11. The van der Waals surface area contributed by atoms with E-state index in [2.05, 4.69) is 14.7 Å². The Kier molecular flexibility index (Phi) is 7.00. The molecule has 0 aliphatic heterocycles. The van der Waals surface area contributed by atoms with Crippen molar-refractivity contribution in [2.45, 2.75) is 25.1 Å². The minimum Gasteiger partial charge on any atom is -0.493 e. The van der Waals surface area contributed by atoms with E-state index < -0.39 is 5.91 Å². The molecule has 0 radical (unpaired) electrons. The van der Waals surface area contributed by atoms with Gasteiger partial charge in [0.15, 0.2) is 11.5 Å². The number of carbonyl (C=O) groups excluding carboxylic acids is 1. The fraction of sp³-hybridized carbons (Fsp3) is 0.294. The van der Waals surface area contributed by atoms with E-state index in [9.17, 15) is 10.1 Å². The van der Waals surface area contributed by atoms with Gasteiger partial charge in [0.1, 0.15) is 11.6 Å². The van der Waals surface area contributed by atoms with E-state index in [1.54, 1.807) is 18.2 Å². The zero-order chi connectivity index (χ0) is 19.1. The minimum absolute atomic E-state index is 0.00354. The largest absolute Gasteiger partial charge is 0.493 e. The molecule has 0 aliphatic rings. The van der Waals surface area contributed by atoms with Crippen LogP contribution in [0.4, 0.5) is 5.13 Å². The molecule has 2 aromatic rings. The molecule has 0 saturated heterocycles. The highest BCUT2D eigenvalue weighted by Crippen LogP contribution is 2.30. The first-order valence-corrected chi connectivity index (χ1v) is 9.62. The first kappa shape index (κ1) is 19.8. The van der Waals surface area contributed by atoms with Gasteiger partial charge in [0.05, 0.1) is 13.2 Å². The summed E-state index contributed by atoms with van der Waals surface area (Å²) in [5, 5.41) is 12.8. The van der Waals surface area contributed by atoms with Crippen molar-refractivity contribution in [2.24, 2.45) is 0 Å². The summed E-state index contributed by atoms with van der Waals surface area (Å²) in [4.78, 5) is 16.4. The highest BCUT2D eigenvalue weighted by molar-refractivity contribution is 7.98. The van der Waals surface area contributed by atoms with Crippen molar-refractivity contribution in [3.05, 3.63) is 29.3 Å². The van der Waals surface area contributed by atoms with Crippen molar-refractivity contribution in [3.8, 4) is 17.6 Å². The van der Waals surface area contributed by atoms with Crippen molar-refractivity contribution >= 4 is 40.4 Å². The third-order valence-electron chi connectivity index (χ3n) is 3.04. The molecule has 0 fully saturated rings. The maximum Gasteiger partial charge on any atom is 0.268 e. The van der Waals surface area contributed by atoms with Gasteiger partial charge in [-0.15, -0.1) is 0 Å². The Morgan fingerprint density at radius 1 is 1.42 bits per heavy atom. The predicted octanol–water partition coefficient (Wildman–Crippen LogP) is 3.60. The number of carbonyl (C=O) groups is 1. The summed E-state index contributed by atoms with van der Waals surface area (Å²) in [5.74, 6) is 0.581. The van der Waals surface area contributed by atoms with Crippen molar-refractivity contribution < 1.29 is 14.3 Å². The standard InChI is InChI=1S/C17H18N4O3S2/c1-10(2)24-13-6-5-11(8-14(13)23-3)7-12(9-18)15(22)19-16-20-17(25-4)21-26-16/h5-8,10H,1-4H3,(H,19,20,21,22)/b12-7-. The second kappa shape index (κ2) is 9.22. The summed E-state index contributed by atoms with van der Waals surface area (Å²) in [5.41, 5.74) is 0.595. The highest BCUT2D eigenvalue weighted by Gasteiger charge is 2.14. The summed E-state index contributed by atoms with van der Waals surface area (Å²) >= 11 is 2.44. The molecule has 0 unspecified atom stereocenters. The van der Waals surface area contributed by atoms with Crippen molar-refractivity contribution in [3.63, 3.8) is 0 Å². The first-order valence-electron chi connectivity index (χ1n) is 7.62. The Morgan fingerprint density at radius 3 is 2.77 bits per heavy atom. The molecule has 1 N–H and O–H groups in total. The molecule has 136 valence electrons. The zero-order valence-corrected chi connectivity index (χ0v) is 16.4. The van der Waals surface area contributed by atoms with E-state index in [1.807, 2.05) is 26.2 Å². The molecule has 7 nitrogen and oxygen atoms in total. The van der Waals surface area contributed by atoms with Crippen LogP contribution in [0.2, 0.25) is 0 Å². The minimum atomic E-state index is -0.544. The highest BCUT2D eigenvalue weighted by atomic mass is 32.2. The molecule has 0 atom stereocenters. The van der Waals surface area contributed by atoms with Crippen LogP contribution in [0.5, 0.6) is 11.5 Å². The van der Waals surface area contributed by atoms with Gasteiger partial charge in [-0.05, 0) is 43.9 Å². The Labute approximate surface area is 160 Å². The molecule has 0 aliphatic carbocycles. The van der Waals surface area contributed by atoms with E-state index in [-0.39, 0.29) is 11.7 Å². The van der Waals surface area contributed by atoms with Crippen LogP contribution < -0.4 is 14.8 Å². The van der Waals surface area contributed by atoms with Gasteiger partial charge in [-0.1, -0.05) is 17.8 Å². The predicted molar refractivity (Wildman–Crippen MR) is 103 cm³/mol. The first-order chi connectivity index (χ1) is 12.5. The van der Waals surface area contributed by atoms with Gasteiger partial charge in [-0.2, -0.15) is 14.6 Å². The summed E-state index contributed by atoms with van der Waals surface area (Å²) in [7, 11) is 1.53. The lowest BCUT2D eigenvalue weighted by atomic mass is 10.1. The lowest BCUT2D eigenvalue weighted by molar-refractivity contribution is -0.112. The van der Waals surface area contributed by atoms with Gasteiger partial charge in [-0.25, -0.2) is 0 Å². The molecule has 9 heteroatoms.